The second-order valence-corrected chi connectivity index (χ2v) is 7.40. The summed E-state index contributed by atoms with van der Waals surface area (Å²) in [5.74, 6) is 1.05. The molecule has 0 bridgehead atoms. The number of benzene rings is 1. The van der Waals surface area contributed by atoms with Gasteiger partial charge in [0.25, 0.3) is 0 Å². The van der Waals surface area contributed by atoms with Crippen molar-refractivity contribution in [2.24, 2.45) is 0 Å². The minimum atomic E-state index is -0.838. The lowest BCUT2D eigenvalue weighted by Gasteiger charge is -2.28. The second-order valence-electron chi connectivity index (χ2n) is 6.51. The van der Waals surface area contributed by atoms with Gasteiger partial charge in [0.05, 0.1) is 5.01 Å². The number of hydrogen-bond donors (Lipinski definition) is 1. The summed E-state index contributed by atoms with van der Waals surface area (Å²) in [4.78, 5) is 17.2. The Labute approximate surface area is 155 Å². The van der Waals surface area contributed by atoms with Crippen molar-refractivity contribution in [1.82, 2.24) is 15.0 Å². The van der Waals surface area contributed by atoms with Crippen LogP contribution in [0.2, 0.25) is 0 Å². The third-order valence-corrected chi connectivity index (χ3v) is 5.83. The fraction of sp³-hybridized carbons (Fsp3) is 0.316. The number of carbonyl (C=O) groups is 1. The van der Waals surface area contributed by atoms with Crippen LogP contribution in [0.15, 0.2) is 40.2 Å². The molecule has 1 aliphatic rings. The van der Waals surface area contributed by atoms with Crippen LogP contribution in [0.5, 0.6) is 0 Å². The molecule has 4 rings (SSSR count). The molecule has 3 heterocycles. The third-order valence-electron chi connectivity index (χ3n) is 4.82. The Hall–Kier alpha value is -2.67. The van der Waals surface area contributed by atoms with Gasteiger partial charge in [-0.25, -0.2) is 9.78 Å². The summed E-state index contributed by atoms with van der Waals surface area (Å²) in [5.41, 5.74) is 3.71. The predicted molar refractivity (Wildman–Crippen MR) is 99.4 cm³/mol. The van der Waals surface area contributed by atoms with Crippen LogP contribution in [-0.4, -0.2) is 39.3 Å². The van der Waals surface area contributed by atoms with E-state index in [-0.39, 0.29) is 0 Å². The number of amides is 1. The van der Waals surface area contributed by atoms with E-state index < -0.39 is 6.09 Å². The molecule has 0 spiro atoms. The minimum Gasteiger partial charge on any atom is -0.465 e. The monoisotopic (exact) mass is 369 g/mol. The molecule has 0 aliphatic carbocycles. The summed E-state index contributed by atoms with van der Waals surface area (Å²) in [7, 11) is 0. The molecule has 0 saturated carbocycles. The van der Waals surface area contributed by atoms with Gasteiger partial charge in [-0.3, -0.25) is 0 Å². The predicted octanol–water partition coefficient (Wildman–Crippen LogP) is 4.63. The van der Waals surface area contributed by atoms with Gasteiger partial charge < -0.3 is 14.5 Å². The molecule has 0 atom stereocenters. The summed E-state index contributed by atoms with van der Waals surface area (Å²) in [6.07, 6.45) is 0.786. The molecule has 0 radical (unpaired) electrons. The highest BCUT2D eigenvalue weighted by Gasteiger charge is 2.25. The summed E-state index contributed by atoms with van der Waals surface area (Å²) < 4.78 is 5.52. The van der Waals surface area contributed by atoms with Gasteiger partial charge in [0, 0.05) is 36.0 Å². The first-order chi connectivity index (χ1) is 12.6. The zero-order chi connectivity index (χ0) is 18.1. The summed E-state index contributed by atoms with van der Waals surface area (Å²) in [6.45, 7) is 3.18. The molecule has 1 amide bonds. The number of hydrogen-bond acceptors (Lipinski definition) is 5. The van der Waals surface area contributed by atoms with E-state index >= 15 is 0 Å². The van der Waals surface area contributed by atoms with Crippen LogP contribution in [0.1, 0.15) is 29.3 Å². The molecular weight excluding hydrogens is 350 g/mol. The second kappa shape index (κ2) is 6.92. The van der Waals surface area contributed by atoms with Crippen molar-refractivity contribution in [3.8, 4) is 22.7 Å². The van der Waals surface area contributed by atoms with Crippen molar-refractivity contribution in [1.29, 1.82) is 0 Å². The number of thiazole rings is 1. The first-order valence-electron chi connectivity index (χ1n) is 8.58. The molecule has 6 nitrogen and oxygen atoms in total. The van der Waals surface area contributed by atoms with E-state index in [1.165, 1.54) is 4.90 Å². The number of aromatic nitrogens is 2. The number of aryl methyl sites for hydroxylation is 1. The average Bonchev–Trinajstić information content (AvgIpc) is 3.32. The topological polar surface area (TPSA) is 79.5 Å². The van der Waals surface area contributed by atoms with Gasteiger partial charge >= 0.3 is 6.09 Å². The van der Waals surface area contributed by atoms with Crippen LogP contribution in [0, 0.1) is 6.92 Å². The number of nitrogens with zero attached hydrogens (tertiary/aromatic N) is 3. The SMILES string of the molecule is Cc1ccccc1-c1cc(-c2csc(C3CCN(C(=O)O)CC3)n2)no1. The van der Waals surface area contributed by atoms with Gasteiger partial charge in [-0.05, 0) is 25.3 Å². The summed E-state index contributed by atoms with van der Waals surface area (Å²) in [5, 5.41) is 16.3. The van der Waals surface area contributed by atoms with Crippen LogP contribution in [0.4, 0.5) is 4.79 Å². The largest absolute Gasteiger partial charge is 0.465 e. The van der Waals surface area contributed by atoms with E-state index in [1.807, 2.05) is 42.6 Å². The number of piperidine rings is 1. The highest BCUT2D eigenvalue weighted by molar-refractivity contribution is 7.10. The quantitative estimate of drug-likeness (QED) is 0.728. The lowest BCUT2D eigenvalue weighted by atomic mass is 9.98. The smallest absolute Gasteiger partial charge is 0.407 e. The fourth-order valence-electron chi connectivity index (χ4n) is 3.28. The van der Waals surface area contributed by atoms with E-state index in [2.05, 4.69) is 5.16 Å². The van der Waals surface area contributed by atoms with Gasteiger partial charge in [-0.1, -0.05) is 29.4 Å². The van der Waals surface area contributed by atoms with Crippen molar-refractivity contribution < 1.29 is 14.4 Å². The van der Waals surface area contributed by atoms with Gasteiger partial charge in [0.2, 0.25) is 0 Å². The number of likely N-dealkylation sites (tertiary alicyclic amines) is 1. The zero-order valence-electron chi connectivity index (χ0n) is 14.4. The maximum atomic E-state index is 11.0. The standard InChI is InChI=1S/C19H19N3O3S/c1-12-4-2-3-5-14(12)17-10-15(21-25-17)16-11-26-18(20-16)13-6-8-22(9-7-13)19(23)24/h2-5,10-11,13H,6-9H2,1H3,(H,23,24). The van der Waals surface area contributed by atoms with Crippen molar-refractivity contribution in [3.63, 3.8) is 0 Å². The molecular formula is C19H19N3O3S. The maximum Gasteiger partial charge on any atom is 0.407 e. The lowest BCUT2D eigenvalue weighted by Crippen LogP contribution is -2.36. The highest BCUT2D eigenvalue weighted by Crippen LogP contribution is 2.34. The molecule has 1 saturated heterocycles. The van der Waals surface area contributed by atoms with E-state index in [1.54, 1.807) is 11.3 Å². The van der Waals surface area contributed by atoms with Gasteiger partial charge in [-0.2, -0.15) is 0 Å². The molecule has 2 aromatic heterocycles. The van der Waals surface area contributed by atoms with Crippen LogP contribution >= 0.6 is 11.3 Å². The Morgan fingerprint density at radius 3 is 2.77 bits per heavy atom. The summed E-state index contributed by atoms with van der Waals surface area (Å²) >= 11 is 1.61. The Morgan fingerprint density at radius 2 is 2.04 bits per heavy atom. The van der Waals surface area contributed by atoms with Crippen molar-refractivity contribution in [3.05, 3.63) is 46.3 Å². The van der Waals surface area contributed by atoms with Crippen LogP contribution in [0.25, 0.3) is 22.7 Å². The maximum absolute atomic E-state index is 11.0. The Bertz CT molecular complexity index is 926. The van der Waals surface area contributed by atoms with Crippen LogP contribution in [-0.2, 0) is 0 Å². The zero-order valence-corrected chi connectivity index (χ0v) is 15.2. The van der Waals surface area contributed by atoms with Gasteiger partial charge in [-0.15, -0.1) is 11.3 Å². The van der Waals surface area contributed by atoms with Crippen molar-refractivity contribution in [2.75, 3.05) is 13.1 Å². The highest BCUT2D eigenvalue weighted by atomic mass is 32.1. The molecule has 1 aliphatic heterocycles. The molecule has 7 heteroatoms. The molecule has 1 fully saturated rings. The van der Waals surface area contributed by atoms with Crippen LogP contribution in [0.3, 0.4) is 0 Å². The van der Waals surface area contributed by atoms with Crippen molar-refractivity contribution in [2.45, 2.75) is 25.7 Å². The Morgan fingerprint density at radius 1 is 1.27 bits per heavy atom. The van der Waals surface area contributed by atoms with E-state index in [9.17, 15) is 4.79 Å². The third kappa shape index (κ3) is 3.22. The van der Waals surface area contributed by atoms with E-state index in [0.717, 1.165) is 46.1 Å². The summed E-state index contributed by atoms with van der Waals surface area (Å²) in [6, 6.07) is 9.96. The Kier molecular flexibility index (Phi) is 4.46. The minimum absolute atomic E-state index is 0.312. The van der Waals surface area contributed by atoms with Crippen LogP contribution < -0.4 is 0 Å². The number of carboxylic acid groups (broad SMARTS) is 1. The molecule has 3 aromatic rings. The Balaban J connectivity index is 1.51. The molecule has 0 unspecified atom stereocenters. The lowest BCUT2D eigenvalue weighted by molar-refractivity contribution is 0.132. The normalized spacial score (nSPS) is 15.3. The molecule has 1 aromatic carbocycles. The average molecular weight is 369 g/mol. The first kappa shape index (κ1) is 16.8. The molecule has 134 valence electrons. The van der Waals surface area contributed by atoms with E-state index in [4.69, 9.17) is 14.6 Å². The molecule has 26 heavy (non-hydrogen) atoms. The fourth-order valence-corrected chi connectivity index (χ4v) is 4.27. The number of rotatable bonds is 3. The van der Waals surface area contributed by atoms with E-state index in [0.29, 0.717) is 19.0 Å². The van der Waals surface area contributed by atoms with Crippen molar-refractivity contribution >= 4 is 17.4 Å². The van der Waals surface area contributed by atoms with Gasteiger partial charge in [0.15, 0.2) is 5.76 Å². The first-order valence-corrected chi connectivity index (χ1v) is 9.46. The van der Waals surface area contributed by atoms with Gasteiger partial charge in [0.1, 0.15) is 11.4 Å². The molecule has 1 N–H and O–H groups in total.